The van der Waals surface area contributed by atoms with E-state index in [1.165, 1.54) is 38.4 Å². The average Bonchev–Trinajstić information content (AvgIpc) is 3.35. The van der Waals surface area contributed by atoms with Crippen molar-refractivity contribution in [1.29, 1.82) is 0 Å². The Morgan fingerprint density at radius 1 is 0.829 bits per heavy atom. The van der Waals surface area contributed by atoms with Crippen molar-refractivity contribution in [2.45, 2.75) is 38.2 Å². The second-order valence-electron chi connectivity index (χ2n) is 10.8. The van der Waals surface area contributed by atoms with Gasteiger partial charge in [-0.15, -0.1) is 11.3 Å². The molecule has 5 rings (SSSR count). The van der Waals surface area contributed by atoms with Crippen LogP contribution in [0.4, 0.5) is 4.79 Å². The van der Waals surface area contributed by atoms with Crippen LogP contribution in [0.15, 0.2) is 91.0 Å². The van der Waals surface area contributed by atoms with Crippen molar-refractivity contribution >= 4 is 55.3 Å². The van der Waals surface area contributed by atoms with E-state index in [1.54, 1.807) is 32.5 Å². The molecule has 0 spiro atoms. The van der Waals surface area contributed by atoms with E-state index < -0.39 is 23.7 Å². The Hall–Kier alpha value is -3.81. The Kier molecular flexibility index (Phi) is 8.66. The van der Waals surface area contributed by atoms with Crippen molar-refractivity contribution in [2.24, 2.45) is 0 Å². The van der Waals surface area contributed by atoms with E-state index >= 15 is 0 Å². The second kappa shape index (κ2) is 12.4. The number of rotatable bonds is 8. The van der Waals surface area contributed by atoms with Gasteiger partial charge in [0.15, 0.2) is 0 Å². The number of carbonyl (C=O) groups is 2. The molecule has 0 fully saturated rings. The highest BCUT2D eigenvalue weighted by Gasteiger charge is 2.25. The van der Waals surface area contributed by atoms with Crippen LogP contribution in [0.3, 0.4) is 0 Å². The summed E-state index contributed by atoms with van der Waals surface area (Å²) in [6.45, 7) is 5.33. The van der Waals surface area contributed by atoms with Crippen LogP contribution >= 0.6 is 23.1 Å². The van der Waals surface area contributed by atoms with Crippen molar-refractivity contribution in [3.63, 3.8) is 0 Å². The highest BCUT2D eigenvalue weighted by atomic mass is 32.2. The zero-order valence-electron chi connectivity index (χ0n) is 23.6. The number of benzene rings is 4. The largest absolute Gasteiger partial charge is 0.467 e. The molecule has 7 heteroatoms. The van der Waals surface area contributed by atoms with Crippen LogP contribution in [0.2, 0.25) is 0 Å². The summed E-state index contributed by atoms with van der Waals surface area (Å²) >= 11 is 3.40. The molecule has 210 valence electrons. The first-order valence-electron chi connectivity index (χ1n) is 13.5. The van der Waals surface area contributed by atoms with Gasteiger partial charge in [0, 0.05) is 31.7 Å². The molecule has 0 radical (unpaired) electrons. The molecule has 1 aromatic heterocycles. The number of alkyl carbamates (subject to hydrolysis) is 1. The van der Waals surface area contributed by atoms with Gasteiger partial charge in [-0.2, -0.15) is 11.8 Å². The number of thioether (sulfide) groups is 1. The first kappa shape index (κ1) is 28.7. The smallest absolute Gasteiger partial charge is 0.408 e. The Balaban J connectivity index is 1.23. The molecule has 1 N–H and O–H groups in total. The van der Waals surface area contributed by atoms with E-state index in [1.807, 2.05) is 11.3 Å². The third kappa shape index (κ3) is 6.92. The van der Waals surface area contributed by atoms with Gasteiger partial charge >= 0.3 is 12.1 Å². The van der Waals surface area contributed by atoms with E-state index in [2.05, 4.69) is 96.3 Å². The van der Waals surface area contributed by atoms with Crippen molar-refractivity contribution in [2.75, 3.05) is 12.9 Å². The molecular weight excluding hydrogens is 551 g/mol. The van der Waals surface area contributed by atoms with E-state index in [0.29, 0.717) is 11.5 Å². The molecule has 0 bridgehead atoms. The Morgan fingerprint density at radius 2 is 1.46 bits per heavy atom. The Morgan fingerprint density at radius 3 is 2.15 bits per heavy atom. The SMILES string of the molecule is COC(=O)C(CSCc1ccc(-c2ccc(-c3cccc4c3sc3ccccc34)cc2)cc1)NC(=O)OC(C)(C)C. The number of ether oxygens (including phenoxy) is 2. The number of fused-ring (bicyclic) bond motifs is 3. The number of methoxy groups -OCH3 is 1. The number of nitrogens with one attached hydrogen (secondary N) is 1. The molecule has 5 aromatic rings. The number of hydrogen-bond acceptors (Lipinski definition) is 6. The van der Waals surface area contributed by atoms with Gasteiger partial charge in [-0.05, 0) is 54.7 Å². The molecule has 1 unspecified atom stereocenters. The fourth-order valence-electron chi connectivity index (χ4n) is 4.67. The highest BCUT2D eigenvalue weighted by molar-refractivity contribution is 7.98. The minimum absolute atomic E-state index is 0.377. The van der Waals surface area contributed by atoms with Gasteiger partial charge in [0.05, 0.1) is 7.11 Å². The summed E-state index contributed by atoms with van der Waals surface area (Å²) in [5.41, 5.74) is 5.25. The van der Waals surface area contributed by atoms with Crippen LogP contribution in [0.5, 0.6) is 0 Å². The van der Waals surface area contributed by atoms with Crippen LogP contribution in [0.25, 0.3) is 42.4 Å². The summed E-state index contributed by atoms with van der Waals surface area (Å²) in [5.74, 6) is 0.578. The van der Waals surface area contributed by atoms with Crippen molar-refractivity contribution in [3.8, 4) is 22.3 Å². The minimum atomic E-state index is -0.781. The van der Waals surface area contributed by atoms with Crippen LogP contribution in [0.1, 0.15) is 26.3 Å². The first-order valence-corrected chi connectivity index (χ1v) is 15.4. The summed E-state index contributed by atoms with van der Waals surface area (Å²) in [4.78, 5) is 24.3. The first-order chi connectivity index (χ1) is 19.7. The predicted octanol–water partition coefficient (Wildman–Crippen LogP) is 8.69. The molecule has 41 heavy (non-hydrogen) atoms. The molecule has 0 aliphatic heterocycles. The van der Waals surface area contributed by atoms with Gasteiger partial charge in [-0.1, -0.05) is 84.9 Å². The quantitative estimate of drug-likeness (QED) is 0.185. The summed E-state index contributed by atoms with van der Waals surface area (Å²) in [7, 11) is 1.31. The van der Waals surface area contributed by atoms with Gasteiger partial charge in [-0.25, -0.2) is 9.59 Å². The highest BCUT2D eigenvalue weighted by Crippen LogP contribution is 2.40. The van der Waals surface area contributed by atoms with Crippen molar-refractivity contribution < 1.29 is 19.1 Å². The van der Waals surface area contributed by atoms with Gasteiger partial charge in [0.1, 0.15) is 11.6 Å². The van der Waals surface area contributed by atoms with Crippen molar-refractivity contribution in [3.05, 3.63) is 96.6 Å². The summed E-state index contributed by atoms with van der Waals surface area (Å²) in [6.07, 6.45) is -0.635. The summed E-state index contributed by atoms with van der Waals surface area (Å²) < 4.78 is 12.8. The predicted molar refractivity (Wildman–Crippen MR) is 172 cm³/mol. The number of thiophene rings is 1. The lowest BCUT2D eigenvalue weighted by Crippen LogP contribution is -2.45. The third-order valence-electron chi connectivity index (χ3n) is 6.62. The van der Waals surface area contributed by atoms with Gasteiger partial charge in [0.25, 0.3) is 0 Å². The molecule has 1 atom stereocenters. The van der Waals surface area contributed by atoms with E-state index in [9.17, 15) is 9.59 Å². The topological polar surface area (TPSA) is 64.6 Å². The van der Waals surface area contributed by atoms with Crippen molar-refractivity contribution in [1.82, 2.24) is 5.32 Å². The fourth-order valence-corrected chi connectivity index (χ4v) is 6.90. The lowest BCUT2D eigenvalue weighted by atomic mass is 9.98. The zero-order valence-corrected chi connectivity index (χ0v) is 25.2. The summed E-state index contributed by atoms with van der Waals surface area (Å²) in [6, 6.07) is 31.5. The van der Waals surface area contributed by atoms with Crippen LogP contribution in [0, 0.1) is 0 Å². The lowest BCUT2D eigenvalue weighted by molar-refractivity contribution is -0.142. The zero-order chi connectivity index (χ0) is 29.0. The summed E-state index contributed by atoms with van der Waals surface area (Å²) in [5, 5.41) is 5.23. The molecular formula is C34H33NO4S2. The standard InChI is InChI=1S/C34H33NO4S2/c1-34(2,3)39-33(37)35-29(32(36)38-4)21-40-20-22-12-14-23(15-13-22)24-16-18-25(19-17-24)26-9-7-10-28-27-8-5-6-11-30(27)41-31(26)28/h5-19,29H,20-21H2,1-4H3,(H,35,37). The molecule has 5 nitrogen and oxygen atoms in total. The molecule has 0 saturated heterocycles. The third-order valence-corrected chi connectivity index (χ3v) is 8.94. The Bertz CT molecular complexity index is 1670. The van der Waals surface area contributed by atoms with Crippen LogP contribution < -0.4 is 5.32 Å². The van der Waals surface area contributed by atoms with Crippen LogP contribution in [-0.4, -0.2) is 36.6 Å². The number of carbonyl (C=O) groups excluding carboxylic acids is 2. The monoisotopic (exact) mass is 583 g/mol. The van der Waals surface area contributed by atoms with Gasteiger partial charge in [-0.3, -0.25) is 0 Å². The van der Waals surface area contributed by atoms with E-state index in [-0.39, 0.29) is 0 Å². The Labute approximate surface area is 248 Å². The normalized spacial score (nSPS) is 12.3. The average molecular weight is 584 g/mol. The molecule has 0 saturated carbocycles. The number of amides is 1. The maximum absolute atomic E-state index is 12.2. The fraction of sp³-hybridized carbons (Fsp3) is 0.235. The van der Waals surface area contributed by atoms with Gasteiger partial charge in [0.2, 0.25) is 0 Å². The maximum atomic E-state index is 12.2. The van der Waals surface area contributed by atoms with Crippen LogP contribution in [-0.2, 0) is 20.0 Å². The molecule has 4 aromatic carbocycles. The molecule has 0 aliphatic rings. The number of hydrogen-bond donors (Lipinski definition) is 1. The molecule has 0 aliphatic carbocycles. The van der Waals surface area contributed by atoms with E-state index in [4.69, 9.17) is 9.47 Å². The minimum Gasteiger partial charge on any atom is -0.467 e. The van der Waals surface area contributed by atoms with E-state index in [0.717, 1.165) is 16.7 Å². The lowest BCUT2D eigenvalue weighted by Gasteiger charge is -2.22. The molecule has 1 heterocycles. The molecule has 1 amide bonds. The number of esters is 1. The van der Waals surface area contributed by atoms with Gasteiger partial charge < -0.3 is 14.8 Å². The second-order valence-corrected chi connectivity index (χ2v) is 12.9. The maximum Gasteiger partial charge on any atom is 0.408 e.